The van der Waals surface area contributed by atoms with Crippen molar-refractivity contribution in [3.05, 3.63) is 65.7 Å². The average Bonchev–Trinajstić information content (AvgIpc) is 2.91. The van der Waals surface area contributed by atoms with Crippen molar-refractivity contribution in [1.82, 2.24) is 9.80 Å². The molecule has 136 valence electrons. The lowest BCUT2D eigenvalue weighted by molar-refractivity contribution is -0.124. The first-order chi connectivity index (χ1) is 12.7. The molecule has 26 heavy (non-hydrogen) atoms. The Labute approximate surface area is 155 Å². The summed E-state index contributed by atoms with van der Waals surface area (Å²) >= 11 is 0. The van der Waals surface area contributed by atoms with Crippen molar-refractivity contribution in [2.75, 3.05) is 40.3 Å². The van der Waals surface area contributed by atoms with Gasteiger partial charge in [-0.15, -0.1) is 0 Å². The Balaban J connectivity index is 1.98. The summed E-state index contributed by atoms with van der Waals surface area (Å²) in [5.41, 5.74) is 2.55. The van der Waals surface area contributed by atoms with Crippen LogP contribution in [0.1, 0.15) is 17.5 Å². The predicted octanol–water partition coefficient (Wildman–Crippen LogP) is 3.40. The summed E-state index contributed by atoms with van der Waals surface area (Å²) in [6, 6.07) is 17.7. The third-order valence-electron chi connectivity index (χ3n) is 4.76. The zero-order valence-corrected chi connectivity index (χ0v) is 15.5. The maximum Gasteiger partial charge on any atom is 0.254 e. The predicted molar refractivity (Wildman–Crippen MR) is 106 cm³/mol. The first kappa shape index (κ1) is 18.2. The lowest BCUT2D eigenvalue weighted by Crippen LogP contribution is -2.35. The van der Waals surface area contributed by atoms with Gasteiger partial charge in [-0.25, -0.2) is 0 Å². The Bertz CT molecular complexity index is 771. The van der Waals surface area contributed by atoms with Crippen LogP contribution in [0.4, 0.5) is 0 Å². The normalized spacial score (nSPS) is 16.2. The van der Waals surface area contributed by atoms with E-state index < -0.39 is 0 Å². The number of ether oxygens (including phenoxy) is 1. The summed E-state index contributed by atoms with van der Waals surface area (Å²) in [7, 11) is 3.76. The molecule has 3 rings (SSSR count). The van der Waals surface area contributed by atoms with Crippen molar-refractivity contribution in [3.63, 3.8) is 0 Å². The fourth-order valence-electron chi connectivity index (χ4n) is 3.25. The first-order valence-electron chi connectivity index (χ1n) is 9.07. The molecule has 2 aromatic rings. The zero-order chi connectivity index (χ0) is 18.4. The molecule has 2 aromatic carbocycles. The Morgan fingerprint density at radius 3 is 2.46 bits per heavy atom. The fourth-order valence-corrected chi connectivity index (χ4v) is 3.25. The minimum atomic E-state index is 0.0809. The second kappa shape index (κ2) is 8.68. The Morgan fingerprint density at radius 2 is 1.69 bits per heavy atom. The minimum absolute atomic E-state index is 0.0809. The van der Waals surface area contributed by atoms with Gasteiger partial charge in [0.1, 0.15) is 5.75 Å². The molecule has 1 saturated heterocycles. The van der Waals surface area contributed by atoms with Crippen molar-refractivity contribution in [2.45, 2.75) is 6.42 Å². The van der Waals surface area contributed by atoms with E-state index in [0.717, 1.165) is 49.5 Å². The summed E-state index contributed by atoms with van der Waals surface area (Å²) in [5.74, 6) is 0.849. The van der Waals surface area contributed by atoms with Gasteiger partial charge in [-0.2, -0.15) is 0 Å². The second-order valence-corrected chi connectivity index (χ2v) is 6.62. The van der Waals surface area contributed by atoms with E-state index >= 15 is 0 Å². The van der Waals surface area contributed by atoms with Gasteiger partial charge >= 0.3 is 0 Å². The van der Waals surface area contributed by atoms with Crippen LogP contribution in [0.2, 0.25) is 0 Å². The van der Waals surface area contributed by atoms with Crippen molar-refractivity contribution >= 4 is 17.6 Å². The quantitative estimate of drug-likeness (QED) is 0.626. The lowest BCUT2D eigenvalue weighted by atomic mass is 10.0. The Hall–Kier alpha value is -2.59. The highest BCUT2D eigenvalue weighted by atomic mass is 16.5. The van der Waals surface area contributed by atoms with Gasteiger partial charge in [-0.1, -0.05) is 48.5 Å². The highest BCUT2D eigenvalue weighted by Gasteiger charge is 2.22. The second-order valence-electron chi connectivity index (χ2n) is 6.62. The molecule has 0 bridgehead atoms. The number of para-hydroxylation sites is 1. The van der Waals surface area contributed by atoms with Gasteiger partial charge < -0.3 is 14.5 Å². The fraction of sp³-hybridized carbons (Fsp3) is 0.318. The smallest absolute Gasteiger partial charge is 0.254 e. The molecule has 1 aliphatic heterocycles. The van der Waals surface area contributed by atoms with E-state index in [1.54, 1.807) is 7.11 Å². The van der Waals surface area contributed by atoms with E-state index in [0.29, 0.717) is 5.57 Å². The van der Waals surface area contributed by atoms with Gasteiger partial charge in [0.05, 0.1) is 7.11 Å². The Kier molecular flexibility index (Phi) is 6.08. The molecular weight excluding hydrogens is 324 g/mol. The number of benzene rings is 2. The largest absolute Gasteiger partial charge is 0.496 e. The number of amides is 1. The van der Waals surface area contributed by atoms with Crippen LogP contribution in [0.3, 0.4) is 0 Å². The van der Waals surface area contributed by atoms with Crippen LogP contribution in [0.25, 0.3) is 11.6 Å². The molecule has 0 saturated carbocycles. The van der Waals surface area contributed by atoms with Gasteiger partial charge in [0.15, 0.2) is 0 Å². The number of hydrogen-bond acceptors (Lipinski definition) is 3. The molecule has 0 aliphatic carbocycles. The molecule has 0 radical (unpaired) electrons. The zero-order valence-electron chi connectivity index (χ0n) is 15.5. The van der Waals surface area contributed by atoms with Crippen LogP contribution >= 0.6 is 0 Å². The lowest BCUT2D eigenvalue weighted by Gasteiger charge is -2.22. The number of rotatable bonds is 4. The minimum Gasteiger partial charge on any atom is -0.496 e. The summed E-state index contributed by atoms with van der Waals surface area (Å²) in [5, 5.41) is 0. The summed E-state index contributed by atoms with van der Waals surface area (Å²) < 4.78 is 5.47. The topological polar surface area (TPSA) is 32.8 Å². The highest BCUT2D eigenvalue weighted by molar-refractivity contribution is 6.24. The molecule has 1 amide bonds. The number of hydrogen-bond donors (Lipinski definition) is 0. The van der Waals surface area contributed by atoms with Gasteiger partial charge in [0.25, 0.3) is 5.91 Å². The maximum atomic E-state index is 13.4. The standard InChI is InChI=1S/C22H26N2O2/c1-23-13-8-14-24(16-15-23)22(25)20(18-9-4-3-5-10-18)17-19-11-6-7-12-21(19)26-2/h3-7,9-12,17H,8,13-16H2,1-2H3/b20-17+. The molecule has 0 N–H and O–H groups in total. The molecular formula is C22H26N2O2. The van der Waals surface area contributed by atoms with E-state index in [1.807, 2.05) is 65.6 Å². The van der Waals surface area contributed by atoms with E-state index in [2.05, 4.69) is 11.9 Å². The van der Waals surface area contributed by atoms with Gasteiger partial charge in [0.2, 0.25) is 0 Å². The van der Waals surface area contributed by atoms with E-state index in [1.165, 1.54) is 0 Å². The molecule has 4 heteroatoms. The third-order valence-corrected chi connectivity index (χ3v) is 4.76. The number of nitrogens with zero attached hydrogens (tertiary/aromatic N) is 2. The van der Waals surface area contributed by atoms with Crippen LogP contribution in [-0.2, 0) is 4.79 Å². The summed E-state index contributed by atoms with van der Waals surface area (Å²) in [6.07, 6.45) is 2.95. The molecule has 0 spiro atoms. The molecule has 1 fully saturated rings. The third kappa shape index (κ3) is 4.33. The maximum absolute atomic E-state index is 13.4. The van der Waals surface area contributed by atoms with Crippen molar-refractivity contribution in [2.24, 2.45) is 0 Å². The summed E-state index contributed by atoms with van der Waals surface area (Å²) in [6.45, 7) is 3.48. The number of carbonyl (C=O) groups is 1. The van der Waals surface area contributed by atoms with E-state index in [9.17, 15) is 4.79 Å². The van der Waals surface area contributed by atoms with Gasteiger partial charge in [-0.05, 0) is 37.7 Å². The van der Waals surface area contributed by atoms with E-state index in [4.69, 9.17) is 4.74 Å². The monoisotopic (exact) mass is 350 g/mol. The highest BCUT2D eigenvalue weighted by Crippen LogP contribution is 2.26. The van der Waals surface area contributed by atoms with Crippen LogP contribution < -0.4 is 4.74 Å². The van der Waals surface area contributed by atoms with Crippen molar-refractivity contribution in [3.8, 4) is 5.75 Å². The molecule has 0 aromatic heterocycles. The SMILES string of the molecule is COc1ccccc1/C=C(/C(=O)N1CCCN(C)CC1)c1ccccc1. The van der Waals surface area contributed by atoms with Crippen LogP contribution in [0.15, 0.2) is 54.6 Å². The van der Waals surface area contributed by atoms with Crippen molar-refractivity contribution < 1.29 is 9.53 Å². The Morgan fingerprint density at radius 1 is 0.962 bits per heavy atom. The number of methoxy groups -OCH3 is 1. The number of carbonyl (C=O) groups excluding carboxylic acids is 1. The first-order valence-corrected chi connectivity index (χ1v) is 9.07. The molecule has 0 unspecified atom stereocenters. The van der Waals surface area contributed by atoms with Crippen LogP contribution in [0.5, 0.6) is 5.75 Å². The van der Waals surface area contributed by atoms with E-state index in [-0.39, 0.29) is 5.91 Å². The van der Waals surface area contributed by atoms with Crippen LogP contribution in [-0.4, -0.2) is 56.0 Å². The van der Waals surface area contributed by atoms with Crippen LogP contribution in [0, 0.1) is 0 Å². The van der Waals surface area contributed by atoms with Gasteiger partial charge in [0, 0.05) is 30.8 Å². The van der Waals surface area contributed by atoms with Gasteiger partial charge in [-0.3, -0.25) is 4.79 Å². The van der Waals surface area contributed by atoms with Crippen molar-refractivity contribution in [1.29, 1.82) is 0 Å². The molecule has 0 atom stereocenters. The summed E-state index contributed by atoms with van der Waals surface area (Å²) in [4.78, 5) is 17.6. The average molecular weight is 350 g/mol. The molecule has 4 nitrogen and oxygen atoms in total. The molecule has 1 aliphatic rings. The molecule has 1 heterocycles. The number of likely N-dealkylation sites (N-methyl/N-ethyl adjacent to an activating group) is 1.